The fraction of sp³-hybridized carbons (Fsp3) is 0.154. The van der Waals surface area contributed by atoms with Crippen LogP contribution in [0, 0.1) is 10.1 Å². The molecule has 0 amide bonds. The molecule has 1 aliphatic rings. The first kappa shape index (κ1) is 12.2. The molecule has 1 aromatic heterocycles. The third-order valence-electron chi connectivity index (χ3n) is 2.87. The van der Waals surface area contributed by atoms with Crippen LogP contribution in [0.5, 0.6) is 11.5 Å². The molecule has 0 bridgehead atoms. The smallest absolute Gasteiger partial charge is 0.284 e. The van der Waals surface area contributed by atoms with E-state index in [4.69, 9.17) is 13.9 Å². The Morgan fingerprint density at radius 2 is 1.85 bits per heavy atom. The van der Waals surface area contributed by atoms with E-state index in [0.717, 1.165) is 0 Å². The van der Waals surface area contributed by atoms with E-state index in [-0.39, 0.29) is 22.8 Å². The van der Waals surface area contributed by atoms with Crippen LogP contribution in [-0.4, -0.2) is 24.4 Å². The number of fused-ring (bicyclic) bond motifs is 1. The van der Waals surface area contributed by atoms with Crippen molar-refractivity contribution in [1.82, 2.24) is 0 Å². The van der Waals surface area contributed by atoms with Crippen molar-refractivity contribution in [3.05, 3.63) is 40.1 Å². The number of aldehydes is 1. The fourth-order valence-corrected chi connectivity index (χ4v) is 1.99. The minimum absolute atomic E-state index is 0.101. The first-order valence-electron chi connectivity index (χ1n) is 5.82. The van der Waals surface area contributed by atoms with Crippen molar-refractivity contribution in [2.24, 2.45) is 0 Å². The number of nitrogens with zero attached hydrogens (tertiary/aromatic N) is 1. The topological polar surface area (TPSA) is 91.8 Å². The Morgan fingerprint density at radius 1 is 1.15 bits per heavy atom. The lowest BCUT2D eigenvalue weighted by Gasteiger charge is -2.18. The minimum Gasteiger partial charge on any atom is -0.486 e. The van der Waals surface area contributed by atoms with Crippen LogP contribution in [0.15, 0.2) is 28.7 Å². The molecule has 0 spiro atoms. The number of furan rings is 1. The molecule has 7 heteroatoms. The highest BCUT2D eigenvalue weighted by Gasteiger charge is 2.24. The Labute approximate surface area is 112 Å². The highest BCUT2D eigenvalue weighted by Crippen LogP contribution is 2.41. The summed E-state index contributed by atoms with van der Waals surface area (Å²) in [5, 5.41) is 11.2. The van der Waals surface area contributed by atoms with Crippen molar-refractivity contribution in [3.63, 3.8) is 0 Å². The Kier molecular flexibility index (Phi) is 2.86. The molecule has 20 heavy (non-hydrogen) atoms. The van der Waals surface area contributed by atoms with E-state index < -0.39 is 4.92 Å². The predicted molar refractivity (Wildman–Crippen MR) is 67.2 cm³/mol. The van der Waals surface area contributed by atoms with Gasteiger partial charge in [0.1, 0.15) is 19.0 Å². The van der Waals surface area contributed by atoms with E-state index in [2.05, 4.69) is 0 Å². The van der Waals surface area contributed by atoms with E-state index in [1.54, 1.807) is 0 Å². The summed E-state index contributed by atoms with van der Waals surface area (Å²) in [6.45, 7) is 0.724. The van der Waals surface area contributed by atoms with Gasteiger partial charge in [0.05, 0.1) is 16.6 Å². The standard InChI is InChI=1S/C13H9NO6/c15-7-8-1-2-11(20-8)9-5-12-13(19-4-3-18-12)6-10(9)14(16)17/h1-2,5-7H,3-4H2. The molecule has 0 aliphatic carbocycles. The van der Waals surface area contributed by atoms with Gasteiger partial charge in [0.25, 0.3) is 5.69 Å². The van der Waals surface area contributed by atoms with E-state index >= 15 is 0 Å². The van der Waals surface area contributed by atoms with Crippen LogP contribution < -0.4 is 9.47 Å². The Morgan fingerprint density at radius 3 is 2.45 bits per heavy atom. The number of hydrogen-bond acceptors (Lipinski definition) is 6. The first-order chi connectivity index (χ1) is 9.69. The molecule has 1 aliphatic heterocycles. The van der Waals surface area contributed by atoms with Crippen molar-refractivity contribution in [2.75, 3.05) is 13.2 Å². The van der Waals surface area contributed by atoms with Gasteiger partial charge in [-0.3, -0.25) is 14.9 Å². The van der Waals surface area contributed by atoms with E-state index in [1.807, 2.05) is 0 Å². The van der Waals surface area contributed by atoms with E-state index in [0.29, 0.717) is 31.0 Å². The van der Waals surface area contributed by atoms with Crippen molar-refractivity contribution in [3.8, 4) is 22.8 Å². The Bertz CT molecular complexity index is 690. The summed E-state index contributed by atoms with van der Waals surface area (Å²) in [5.41, 5.74) is 0.0772. The normalized spacial score (nSPS) is 13.0. The number of benzene rings is 1. The van der Waals surface area contributed by atoms with Crippen LogP contribution in [-0.2, 0) is 0 Å². The van der Waals surface area contributed by atoms with Crippen molar-refractivity contribution in [2.45, 2.75) is 0 Å². The maximum absolute atomic E-state index is 11.2. The number of nitro benzene ring substituents is 1. The Hall–Kier alpha value is -2.83. The summed E-state index contributed by atoms with van der Waals surface area (Å²) in [4.78, 5) is 21.3. The van der Waals surface area contributed by atoms with Gasteiger partial charge in [0.15, 0.2) is 23.5 Å². The lowest BCUT2D eigenvalue weighted by atomic mass is 10.1. The average molecular weight is 275 g/mol. The molecular formula is C13H9NO6. The van der Waals surface area contributed by atoms with Crippen LogP contribution >= 0.6 is 0 Å². The lowest BCUT2D eigenvalue weighted by Crippen LogP contribution is -2.15. The van der Waals surface area contributed by atoms with Crippen LogP contribution in [0.4, 0.5) is 5.69 Å². The van der Waals surface area contributed by atoms with Crippen molar-refractivity contribution < 1.29 is 23.6 Å². The van der Waals surface area contributed by atoms with Gasteiger partial charge in [-0.15, -0.1) is 0 Å². The molecule has 102 valence electrons. The van der Waals surface area contributed by atoms with Gasteiger partial charge in [0, 0.05) is 6.07 Å². The van der Waals surface area contributed by atoms with E-state index in [1.165, 1.54) is 24.3 Å². The van der Waals surface area contributed by atoms with Gasteiger partial charge in [-0.05, 0) is 12.1 Å². The summed E-state index contributed by atoms with van der Waals surface area (Å²) in [6.07, 6.45) is 0.535. The lowest BCUT2D eigenvalue weighted by molar-refractivity contribution is -0.384. The monoisotopic (exact) mass is 275 g/mol. The molecule has 7 nitrogen and oxygen atoms in total. The Balaban J connectivity index is 2.16. The van der Waals surface area contributed by atoms with E-state index in [9.17, 15) is 14.9 Å². The van der Waals surface area contributed by atoms with Gasteiger partial charge in [-0.1, -0.05) is 0 Å². The van der Waals surface area contributed by atoms with Crippen LogP contribution in [0.1, 0.15) is 10.6 Å². The molecule has 0 atom stereocenters. The molecule has 0 saturated heterocycles. The third kappa shape index (κ3) is 1.99. The van der Waals surface area contributed by atoms with Gasteiger partial charge < -0.3 is 13.9 Å². The van der Waals surface area contributed by atoms with Gasteiger partial charge >= 0.3 is 0 Å². The molecule has 0 unspecified atom stereocenters. The highest BCUT2D eigenvalue weighted by atomic mass is 16.6. The fourth-order valence-electron chi connectivity index (χ4n) is 1.99. The molecule has 0 radical (unpaired) electrons. The quantitative estimate of drug-likeness (QED) is 0.485. The maximum Gasteiger partial charge on any atom is 0.284 e. The highest BCUT2D eigenvalue weighted by molar-refractivity contribution is 5.77. The first-order valence-corrected chi connectivity index (χ1v) is 5.82. The molecule has 0 fully saturated rings. The molecule has 2 heterocycles. The zero-order chi connectivity index (χ0) is 14.1. The summed E-state index contributed by atoms with van der Waals surface area (Å²) < 4.78 is 15.9. The van der Waals surface area contributed by atoms with Gasteiger partial charge in [-0.25, -0.2) is 0 Å². The van der Waals surface area contributed by atoms with Gasteiger partial charge in [-0.2, -0.15) is 0 Å². The number of carbonyl (C=O) groups is 1. The molecule has 0 saturated carbocycles. The molecule has 2 aromatic rings. The van der Waals surface area contributed by atoms with Crippen LogP contribution in [0.3, 0.4) is 0 Å². The minimum atomic E-state index is -0.531. The third-order valence-corrected chi connectivity index (χ3v) is 2.87. The largest absolute Gasteiger partial charge is 0.486 e. The molecular weight excluding hydrogens is 266 g/mol. The second kappa shape index (κ2) is 4.69. The number of nitro groups is 1. The summed E-state index contributed by atoms with van der Waals surface area (Å²) in [5.74, 6) is 1.08. The molecule has 3 rings (SSSR count). The maximum atomic E-state index is 11.2. The number of carbonyl (C=O) groups excluding carboxylic acids is 1. The zero-order valence-corrected chi connectivity index (χ0v) is 10.2. The number of hydrogen-bond donors (Lipinski definition) is 0. The van der Waals surface area contributed by atoms with Crippen molar-refractivity contribution in [1.29, 1.82) is 0 Å². The second-order valence-electron chi connectivity index (χ2n) is 4.09. The summed E-state index contributed by atoms with van der Waals surface area (Å²) in [6, 6.07) is 5.73. The zero-order valence-electron chi connectivity index (χ0n) is 10.2. The SMILES string of the molecule is O=Cc1ccc(-c2cc3c(cc2[N+](=O)[O-])OCCO3)o1. The van der Waals surface area contributed by atoms with Crippen LogP contribution in [0.25, 0.3) is 11.3 Å². The summed E-state index contributed by atoms with van der Waals surface area (Å²) in [7, 11) is 0. The second-order valence-corrected chi connectivity index (χ2v) is 4.09. The molecule has 1 aromatic carbocycles. The number of ether oxygens (including phenoxy) is 2. The predicted octanol–water partition coefficient (Wildman–Crippen LogP) is 2.44. The van der Waals surface area contributed by atoms with Gasteiger partial charge in [0.2, 0.25) is 0 Å². The molecule has 0 N–H and O–H groups in total. The number of rotatable bonds is 3. The van der Waals surface area contributed by atoms with Crippen molar-refractivity contribution >= 4 is 12.0 Å². The average Bonchev–Trinajstić information content (AvgIpc) is 2.94. The van der Waals surface area contributed by atoms with Crippen LogP contribution in [0.2, 0.25) is 0 Å². The summed E-state index contributed by atoms with van der Waals surface area (Å²) >= 11 is 0.